The maximum Gasteiger partial charge on any atom is 0.337 e. The van der Waals surface area contributed by atoms with Crippen LogP contribution < -0.4 is 5.32 Å². The van der Waals surface area contributed by atoms with Crippen molar-refractivity contribution in [1.82, 2.24) is 0 Å². The first-order valence-corrected chi connectivity index (χ1v) is 8.41. The Morgan fingerprint density at radius 3 is 2.20 bits per heavy atom. The lowest BCUT2D eigenvalue weighted by molar-refractivity contribution is -0.152. The monoisotopic (exact) mass is 341 g/mol. The lowest BCUT2D eigenvalue weighted by atomic mass is 9.62. The normalized spacial score (nSPS) is 34.1. The molecule has 130 valence electrons. The van der Waals surface area contributed by atoms with E-state index >= 15 is 0 Å². The highest BCUT2D eigenvalue weighted by atomic mass is 16.5. The van der Waals surface area contributed by atoms with E-state index in [1.165, 1.54) is 7.11 Å². The Balaban J connectivity index is 1.53. The number of nitrogens with one attached hydrogen (secondary N) is 1. The van der Waals surface area contributed by atoms with Crippen LogP contribution in [0.2, 0.25) is 0 Å². The number of carboxylic acid groups (broad SMARTS) is 1. The van der Waals surface area contributed by atoms with E-state index in [0.29, 0.717) is 23.1 Å². The zero-order valence-corrected chi connectivity index (χ0v) is 13.7. The third-order valence-electron chi connectivity index (χ3n) is 5.81. The minimum absolute atomic E-state index is 0.00504. The van der Waals surface area contributed by atoms with Gasteiger partial charge in [-0.1, -0.05) is 12.2 Å². The number of allylic oxidation sites excluding steroid dienone is 2. The van der Waals surface area contributed by atoms with Gasteiger partial charge in [-0.15, -0.1) is 0 Å². The van der Waals surface area contributed by atoms with Crippen molar-refractivity contribution in [1.29, 1.82) is 0 Å². The van der Waals surface area contributed by atoms with Gasteiger partial charge < -0.3 is 15.2 Å². The molecule has 0 saturated heterocycles. The highest BCUT2D eigenvalue weighted by Gasteiger charge is 2.62. The summed E-state index contributed by atoms with van der Waals surface area (Å²) in [6, 6.07) is 6.38. The first-order chi connectivity index (χ1) is 12.0. The standard InChI is InChI=1S/C19H19NO5/c1-25-19(24)9-2-4-10(5-3-9)20-17(21)15-11-6-7-12(14-8-13(11)14)16(15)18(22)23/h2-7,11-16H,8H2,1H3,(H,20,21)(H,22,23)/t11-,12-,13-,14-,15-,16+/m1/s1. The number of hydrogen-bond acceptors (Lipinski definition) is 4. The Morgan fingerprint density at radius 2 is 1.64 bits per heavy atom. The summed E-state index contributed by atoms with van der Waals surface area (Å²) >= 11 is 0. The maximum absolute atomic E-state index is 12.8. The molecular formula is C19H19NO5. The fourth-order valence-corrected chi connectivity index (χ4v) is 4.60. The van der Waals surface area contributed by atoms with E-state index in [0.717, 1.165) is 6.42 Å². The first kappa shape index (κ1) is 15.9. The van der Waals surface area contributed by atoms with Crippen molar-refractivity contribution in [2.75, 3.05) is 12.4 Å². The molecule has 6 heteroatoms. The number of esters is 1. The lowest BCUT2D eigenvalue weighted by Crippen LogP contribution is -2.48. The second-order valence-corrected chi connectivity index (χ2v) is 7.05. The van der Waals surface area contributed by atoms with Gasteiger partial charge in [-0.3, -0.25) is 9.59 Å². The molecule has 0 spiro atoms. The van der Waals surface area contributed by atoms with Gasteiger partial charge in [0.15, 0.2) is 0 Å². The average Bonchev–Trinajstić information content (AvgIpc) is 3.43. The molecule has 0 aliphatic heterocycles. The van der Waals surface area contributed by atoms with Crippen molar-refractivity contribution in [3.63, 3.8) is 0 Å². The molecule has 0 heterocycles. The predicted molar refractivity (Wildman–Crippen MR) is 88.7 cm³/mol. The van der Waals surface area contributed by atoms with E-state index in [4.69, 9.17) is 0 Å². The fraction of sp³-hybridized carbons (Fsp3) is 0.421. The van der Waals surface area contributed by atoms with Gasteiger partial charge in [0, 0.05) is 5.69 Å². The molecule has 4 aliphatic rings. The Kier molecular flexibility index (Phi) is 3.63. The van der Waals surface area contributed by atoms with Crippen LogP contribution in [0.15, 0.2) is 36.4 Å². The van der Waals surface area contributed by atoms with Crippen molar-refractivity contribution in [2.45, 2.75) is 6.42 Å². The summed E-state index contributed by atoms with van der Waals surface area (Å²) in [5.74, 6) is -1.96. The lowest BCUT2D eigenvalue weighted by Gasteiger charge is -2.41. The number of benzene rings is 1. The van der Waals surface area contributed by atoms with Gasteiger partial charge in [0.1, 0.15) is 0 Å². The van der Waals surface area contributed by atoms with Gasteiger partial charge >= 0.3 is 11.9 Å². The molecule has 0 unspecified atom stereocenters. The fourth-order valence-electron chi connectivity index (χ4n) is 4.60. The summed E-state index contributed by atoms with van der Waals surface area (Å²) in [7, 11) is 1.31. The summed E-state index contributed by atoms with van der Waals surface area (Å²) in [4.78, 5) is 36.0. The minimum Gasteiger partial charge on any atom is -0.481 e. The second-order valence-electron chi connectivity index (χ2n) is 7.05. The minimum atomic E-state index is -0.897. The molecule has 4 aliphatic carbocycles. The molecule has 25 heavy (non-hydrogen) atoms. The molecular weight excluding hydrogens is 322 g/mol. The van der Waals surface area contributed by atoms with Crippen LogP contribution in [-0.2, 0) is 14.3 Å². The van der Waals surface area contributed by atoms with Crippen LogP contribution in [0.3, 0.4) is 0 Å². The van der Waals surface area contributed by atoms with E-state index in [1.54, 1.807) is 24.3 Å². The van der Waals surface area contributed by atoms with Crippen molar-refractivity contribution in [3.05, 3.63) is 42.0 Å². The zero-order valence-electron chi connectivity index (χ0n) is 13.7. The number of hydrogen-bond donors (Lipinski definition) is 2. The molecule has 6 atom stereocenters. The van der Waals surface area contributed by atoms with E-state index < -0.39 is 23.8 Å². The smallest absolute Gasteiger partial charge is 0.337 e. The van der Waals surface area contributed by atoms with Crippen molar-refractivity contribution in [3.8, 4) is 0 Å². The summed E-state index contributed by atoms with van der Waals surface area (Å²) in [5.41, 5.74) is 0.934. The summed E-state index contributed by atoms with van der Waals surface area (Å²) in [6.45, 7) is 0. The van der Waals surface area contributed by atoms with Gasteiger partial charge in [0.05, 0.1) is 24.5 Å². The topological polar surface area (TPSA) is 92.7 Å². The average molecular weight is 341 g/mol. The van der Waals surface area contributed by atoms with Gasteiger partial charge in [0.25, 0.3) is 0 Å². The second kappa shape index (κ2) is 5.72. The Bertz CT molecular complexity index is 769. The summed E-state index contributed by atoms with van der Waals surface area (Å²) < 4.78 is 4.64. The van der Waals surface area contributed by atoms with Crippen LogP contribution in [0.25, 0.3) is 0 Å². The van der Waals surface area contributed by atoms with Gasteiger partial charge in [-0.05, 0) is 54.4 Å². The molecule has 6 nitrogen and oxygen atoms in total. The van der Waals surface area contributed by atoms with Crippen molar-refractivity contribution in [2.24, 2.45) is 35.5 Å². The SMILES string of the molecule is COC(=O)c1ccc(NC(=O)[C@@H]2[C@@H]3C=C[C@H]([C@H]4C[C@H]34)[C@@H]2C(=O)O)cc1. The van der Waals surface area contributed by atoms with E-state index in [2.05, 4.69) is 10.1 Å². The number of ether oxygens (including phenoxy) is 1. The van der Waals surface area contributed by atoms with Crippen molar-refractivity contribution >= 4 is 23.5 Å². The number of rotatable bonds is 4. The highest BCUT2D eigenvalue weighted by molar-refractivity contribution is 5.97. The molecule has 0 radical (unpaired) electrons. The quantitative estimate of drug-likeness (QED) is 0.647. The number of carboxylic acids is 1. The van der Waals surface area contributed by atoms with E-state index in [9.17, 15) is 19.5 Å². The maximum atomic E-state index is 12.8. The summed E-state index contributed by atoms with van der Waals surface area (Å²) in [5, 5.41) is 12.5. The van der Waals surface area contributed by atoms with Gasteiger partial charge in [-0.25, -0.2) is 4.79 Å². The number of anilines is 1. The Labute approximate surface area is 144 Å². The highest BCUT2D eigenvalue weighted by Crippen LogP contribution is 2.63. The molecule has 1 aromatic carbocycles. The van der Waals surface area contributed by atoms with Crippen LogP contribution in [0.5, 0.6) is 0 Å². The zero-order chi connectivity index (χ0) is 17.7. The third-order valence-corrected chi connectivity index (χ3v) is 5.81. The van der Waals surface area contributed by atoms with Crippen LogP contribution in [0.1, 0.15) is 16.8 Å². The number of fused-ring (bicyclic) bond motifs is 1. The van der Waals surface area contributed by atoms with Crippen LogP contribution in [-0.4, -0.2) is 30.1 Å². The number of amides is 1. The molecule has 2 bridgehead atoms. The largest absolute Gasteiger partial charge is 0.481 e. The molecule has 2 fully saturated rings. The number of methoxy groups -OCH3 is 1. The number of carbonyl (C=O) groups excluding carboxylic acids is 2. The first-order valence-electron chi connectivity index (χ1n) is 8.41. The number of aliphatic carboxylic acids is 1. The molecule has 5 rings (SSSR count). The predicted octanol–water partition coefficient (Wildman–Crippen LogP) is 2.18. The molecule has 2 N–H and O–H groups in total. The third kappa shape index (κ3) is 2.52. The number of carbonyl (C=O) groups is 3. The summed E-state index contributed by atoms with van der Waals surface area (Å²) in [6.07, 6.45) is 5.04. The molecule has 2 saturated carbocycles. The Morgan fingerprint density at radius 1 is 1.04 bits per heavy atom. The Hall–Kier alpha value is -2.63. The molecule has 1 aromatic rings. The molecule has 1 amide bonds. The van der Waals surface area contributed by atoms with Gasteiger partial charge in [-0.2, -0.15) is 0 Å². The van der Waals surface area contributed by atoms with E-state index in [-0.39, 0.29) is 17.7 Å². The van der Waals surface area contributed by atoms with Crippen molar-refractivity contribution < 1.29 is 24.2 Å². The van der Waals surface area contributed by atoms with Crippen LogP contribution >= 0.6 is 0 Å². The van der Waals surface area contributed by atoms with Crippen LogP contribution in [0.4, 0.5) is 5.69 Å². The van der Waals surface area contributed by atoms with E-state index in [1.807, 2.05) is 12.2 Å². The van der Waals surface area contributed by atoms with Gasteiger partial charge in [0.2, 0.25) is 5.91 Å². The molecule has 0 aromatic heterocycles. The van der Waals surface area contributed by atoms with Crippen LogP contribution in [0, 0.1) is 35.5 Å².